The summed E-state index contributed by atoms with van der Waals surface area (Å²) < 4.78 is 5.83. The molecule has 5 heteroatoms. The lowest BCUT2D eigenvalue weighted by atomic mass is 9.99. The molecule has 2 atom stereocenters. The van der Waals surface area contributed by atoms with Crippen molar-refractivity contribution in [3.05, 3.63) is 23.0 Å². The van der Waals surface area contributed by atoms with Gasteiger partial charge in [0.1, 0.15) is 6.07 Å². The van der Waals surface area contributed by atoms with E-state index in [1.54, 1.807) is 0 Å². The Balaban J connectivity index is 2.12. The molecule has 5 nitrogen and oxygen atoms in total. The molecule has 0 radical (unpaired) electrons. The summed E-state index contributed by atoms with van der Waals surface area (Å²) in [4.78, 5) is 6.83. The van der Waals surface area contributed by atoms with Crippen LogP contribution in [0.15, 0.2) is 6.07 Å². The average Bonchev–Trinajstić information content (AvgIpc) is 2.43. The first kappa shape index (κ1) is 17.7. The maximum atomic E-state index is 9.38. The molecule has 0 aliphatic carbocycles. The molecule has 126 valence electrons. The van der Waals surface area contributed by atoms with Crippen LogP contribution >= 0.6 is 0 Å². The standard InChI is InChI=1S/C18H28N4O/c1-12-7-17(16(8-19)15(4)21-12)20-11-18(5,6)22-9-13(2)23-14(3)10-22/h7,13-14H,9-11H2,1-6H3,(H,20,21). The second-order valence-electron chi connectivity index (χ2n) is 7.21. The summed E-state index contributed by atoms with van der Waals surface area (Å²) in [5, 5.41) is 12.8. The molecule has 1 N–H and O–H groups in total. The molecule has 1 aromatic heterocycles. The zero-order valence-electron chi connectivity index (χ0n) is 15.1. The Labute approximate surface area is 139 Å². The maximum absolute atomic E-state index is 9.38. The Morgan fingerprint density at radius 2 is 1.96 bits per heavy atom. The van der Waals surface area contributed by atoms with E-state index in [-0.39, 0.29) is 17.7 Å². The van der Waals surface area contributed by atoms with Crippen LogP contribution in [0.4, 0.5) is 5.69 Å². The van der Waals surface area contributed by atoms with E-state index in [0.717, 1.165) is 36.7 Å². The van der Waals surface area contributed by atoms with Crippen molar-refractivity contribution in [2.75, 3.05) is 25.0 Å². The molecular formula is C18H28N4O. The van der Waals surface area contributed by atoms with Gasteiger partial charge in [-0.3, -0.25) is 9.88 Å². The highest BCUT2D eigenvalue weighted by Crippen LogP contribution is 2.24. The highest BCUT2D eigenvalue weighted by Gasteiger charge is 2.33. The number of anilines is 1. The number of nitriles is 1. The van der Waals surface area contributed by atoms with Crippen molar-refractivity contribution < 1.29 is 4.74 Å². The third-order valence-corrected chi connectivity index (χ3v) is 4.43. The van der Waals surface area contributed by atoms with E-state index in [1.165, 1.54) is 0 Å². The van der Waals surface area contributed by atoms with Crippen molar-refractivity contribution in [2.24, 2.45) is 0 Å². The summed E-state index contributed by atoms with van der Waals surface area (Å²) >= 11 is 0. The fourth-order valence-corrected chi connectivity index (χ4v) is 3.20. The third-order valence-electron chi connectivity index (χ3n) is 4.43. The number of ether oxygens (including phenoxy) is 1. The molecule has 1 aromatic rings. The molecular weight excluding hydrogens is 288 g/mol. The number of rotatable bonds is 4. The van der Waals surface area contributed by atoms with E-state index >= 15 is 0 Å². The minimum absolute atomic E-state index is 0.0237. The molecule has 0 spiro atoms. The van der Waals surface area contributed by atoms with Crippen molar-refractivity contribution >= 4 is 5.69 Å². The van der Waals surface area contributed by atoms with Crippen LogP contribution in [0, 0.1) is 25.2 Å². The van der Waals surface area contributed by atoms with Crippen LogP contribution in [0.25, 0.3) is 0 Å². The largest absolute Gasteiger partial charge is 0.382 e. The Hall–Kier alpha value is -1.64. The van der Waals surface area contributed by atoms with Crippen molar-refractivity contribution in [3.63, 3.8) is 0 Å². The molecule has 1 aliphatic rings. The maximum Gasteiger partial charge on any atom is 0.103 e. The minimum Gasteiger partial charge on any atom is -0.382 e. The topological polar surface area (TPSA) is 61.2 Å². The molecule has 1 fully saturated rings. The molecule has 0 amide bonds. The molecule has 2 unspecified atom stereocenters. The van der Waals surface area contributed by atoms with Gasteiger partial charge in [0.05, 0.1) is 29.2 Å². The van der Waals surface area contributed by atoms with E-state index in [0.29, 0.717) is 5.56 Å². The van der Waals surface area contributed by atoms with Gasteiger partial charge in [0.2, 0.25) is 0 Å². The fourth-order valence-electron chi connectivity index (χ4n) is 3.20. The molecule has 1 aliphatic heterocycles. The van der Waals surface area contributed by atoms with Crippen LogP contribution in [0.2, 0.25) is 0 Å². The average molecular weight is 316 g/mol. The Kier molecular flexibility index (Phi) is 5.28. The smallest absolute Gasteiger partial charge is 0.103 e. The number of pyridine rings is 1. The van der Waals surface area contributed by atoms with Gasteiger partial charge in [-0.1, -0.05) is 0 Å². The number of hydrogen-bond donors (Lipinski definition) is 1. The van der Waals surface area contributed by atoms with Crippen molar-refractivity contribution in [1.82, 2.24) is 9.88 Å². The summed E-state index contributed by atoms with van der Waals surface area (Å²) in [6.07, 6.45) is 0.496. The second kappa shape index (κ2) is 6.86. The summed E-state index contributed by atoms with van der Waals surface area (Å²) in [6, 6.07) is 4.21. The van der Waals surface area contributed by atoms with Crippen LogP contribution in [0.1, 0.15) is 44.6 Å². The van der Waals surface area contributed by atoms with Gasteiger partial charge in [0, 0.05) is 30.9 Å². The van der Waals surface area contributed by atoms with Crippen LogP contribution in [0.5, 0.6) is 0 Å². The highest BCUT2D eigenvalue weighted by atomic mass is 16.5. The third kappa shape index (κ3) is 4.21. The lowest BCUT2D eigenvalue weighted by molar-refractivity contribution is -0.0933. The summed E-state index contributed by atoms with van der Waals surface area (Å²) in [5.74, 6) is 0. The zero-order valence-corrected chi connectivity index (χ0v) is 15.1. The van der Waals surface area contributed by atoms with Crippen molar-refractivity contribution in [1.29, 1.82) is 5.26 Å². The highest BCUT2D eigenvalue weighted by molar-refractivity contribution is 5.60. The summed E-state index contributed by atoms with van der Waals surface area (Å²) in [6.45, 7) is 15.2. The SMILES string of the molecule is Cc1cc(NCC(C)(C)N2CC(C)OC(C)C2)c(C#N)c(C)n1. The lowest BCUT2D eigenvalue weighted by Gasteiger charge is -2.45. The number of hydrogen-bond acceptors (Lipinski definition) is 5. The predicted octanol–water partition coefficient (Wildman–Crippen LogP) is 2.87. The van der Waals surface area contributed by atoms with Gasteiger partial charge in [-0.15, -0.1) is 0 Å². The minimum atomic E-state index is -0.0237. The number of aryl methyl sites for hydroxylation is 2. The van der Waals surface area contributed by atoms with E-state index < -0.39 is 0 Å². The number of morpholine rings is 1. The monoisotopic (exact) mass is 316 g/mol. The molecule has 0 aromatic carbocycles. The number of nitrogens with one attached hydrogen (secondary N) is 1. The fraction of sp³-hybridized carbons (Fsp3) is 0.667. The van der Waals surface area contributed by atoms with Crippen LogP contribution in [-0.4, -0.2) is 47.3 Å². The van der Waals surface area contributed by atoms with E-state index in [2.05, 4.69) is 49.0 Å². The van der Waals surface area contributed by atoms with Crippen LogP contribution in [0.3, 0.4) is 0 Å². The van der Waals surface area contributed by atoms with Gasteiger partial charge in [-0.2, -0.15) is 5.26 Å². The Morgan fingerprint density at radius 3 is 2.52 bits per heavy atom. The molecule has 23 heavy (non-hydrogen) atoms. The van der Waals surface area contributed by atoms with Crippen LogP contribution in [-0.2, 0) is 4.74 Å². The number of aromatic nitrogens is 1. The first-order valence-electron chi connectivity index (χ1n) is 8.25. The quantitative estimate of drug-likeness (QED) is 0.925. The van der Waals surface area contributed by atoms with Gasteiger partial charge >= 0.3 is 0 Å². The van der Waals surface area contributed by atoms with Gasteiger partial charge in [-0.05, 0) is 47.6 Å². The van der Waals surface area contributed by atoms with Crippen molar-refractivity contribution in [2.45, 2.75) is 59.3 Å². The first-order chi connectivity index (χ1) is 10.7. The van der Waals surface area contributed by atoms with Gasteiger partial charge in [0.25, 0.3) is 0 Å². The zero-order chi connectivity index (χ0) is 17.2. The summed E-state index contributed by atoms with van der Waals surface area (Å²) in [5.41, 5.74) is 3.19. The van der Waals surface area contributed by atoms with E-state index in [9.17, 15) is 5.26 Å². The number of nitrogens with zero attached hydrogens (tertiary/aromatic N) is 3. The van der Waals surface area contributed by atoms with Gasteiger partial charge < -0.3 is 10.1 Å². The predicted molar refractivity (Wildman–Crippen MR) is 92.6 cm³/mol. The second-order valence-corrected chi connectivity index (χ2v) is 7.21. The van der Waals surface area contributed by atoms with Crippen molar-refractivity contribution in [3.8, 4) is 6.07 Å². The van der Waals surface area contributed by atoms with Gasteiger partial charge in [-0.25, -0.2) is 0 Å². The Bertz CT molecular complexity index is 596. The molecule has 0 bridgehead atoms. The first-order valence-corrected chi connectivity index (χ1v) is 8.25. The molecule has 1 saturated heterocycles. The Morgan fingerprint density at radius 1 is 1.35 bits per heavy atom. The normalized spacial score (nSPS) is 22.7. The molecule has 2 rings (SSSR count). The van der Waals surface area contributed by atoms with E-state index in [4.69, 9.17) is 4.74 Å². The molecule has 2 heterocycles. The molecule has 0 saturated carbocycles. The van der Waals surface area contributed by atoms with Crippen LogP contribution < -0.4 is 5.32 Å². The van der Waals surface area contributed by atoms with Gasteiger partial charge in [0.15, 0.2) is 0 Å². The summed E-state index contributed by atoms with van der Waals surface area (Å²) in [7, 11) is 0. The van der Waals surface area contributed by atoms with E-state index in [1.807, 2.05) is 19.9 Å². The lowest BCUT2D eigenvalue weighted by Crippen LogP contribution is -2.57.